The van der Waals surface area contributed by atoms with Crippen LogP contribution in [0, 0.1) is 22.7 Å². The average Bonchev–Trinajstić information content (AvgIpc) is 2.49. The van der Waals surface area contributed by atoms with Crippen LogP contribution in [0.2, 0.25) is 0 Å². The van der Waals surface area contributed by atoms with E-state index < -0.39 is 0 Å². The van der Waals surface area contributed by atoms with Crippen LogP contribution in [-0.4, -0.2) is 38.2 Å². The van der Waals surface area contributed by atoms with Gasteiger partial charge in [0.25, 0.3) is 0 Å². The van der Waals surface area contributed by atoms with Gasteiger partial charge < -0.3 is 10.1 Å². The zero-order valence-corrected chi connectivity index (χ0v) is 10.9. The molecule has 19 heavy (non-hydrogen) atoms. The molecule has 98 valence electrons. The van der Waals surface area contributed by atoms with Crippen molar-refractivity contribution in [3.05, 3.63) is 29.3 Å². The number of ether oxygens (including phenoxy) is 1. The van der Waals surface area contributed by atoms with Gasteiger partial charge in [-0.25, -0.2) is 0 Å². The van der Waals surface area contributed by atoms with Crippen LogP contribution >= 0.6 is 0 Å². The van der Waals surface area contributed by atoms with Crippen LogP contribution in [-0.2, 0) is 0 Å². The maximum Gasteiger partial charge on any atom is 0.136 e. The quantitative estimate of drug-likeness (QED) is 0.874. The highest BCUT2D eigenvalue weighted by Gasteiger charge is 2.22. The summed E-state index contributed by atoms with van der Waals surface area (Å²) >= 11 is 0. The first-order chi connectivity index (χ1) is 9.30. The van der Waals surface area contributed by atoms with E-state index in [9.17, 15) is 5.26 Å². The molecule has 1 atom stereocenters. The second-order valence-electron chi connectivity index (χ2n) is 4.39. The highest BCUT2D eigenvalue weighted by atomic mass is 16.5. The minimum atomic E-state index is -0.305. The first-order valence-electron chi connectivity index (χ1n) is 6.22. The molecule has 1 fully saturated rings. The third-order valence-corrected chi connectivity index (χ3v) is 3.30. The summed E-state index contributed by atoms with van der Waals surface area (Å²) in [6, 6.07) is 9.47. The summed E-state index contributed by atoms with van der Waals surface area (Å²) in [5.74, 6) is 0.545. The predicted octanol–water partition coefficient (Wildman–Crippen LogP) is 1.04. The zero-order valence-electron chi connectivity index (χ0n) is 10.9. The van der Waals surface area contributed by atoms with Crippen molar-refractivity contribution in [1.82, 2.24) is 10.2 Å². The molecular formula is C14H16N4O. The van der Waals surface area contributed by atoms with Gasteiger partial charge in [-0.05, 0) is 17.7 Å². The number of benzene rings is 1. The molecule has 1 heterocycles. The minimum absolute atomic E-state index is 0.305. The molecule has 2 rings (SSSR count). The van der Waals surface area contributed by atoms with E-state index in [1.54, 1.807) is 12.1 Å². The van der Waals surface area contributed by atoms with Crippen LogP contribution in [0.3, 0.4) is 0 Å². The molecule has 0 aromatic heterocycles. The maximum absolute atomic E-state index is 9.40. The van der Waals surface area contributed by atoms with Crippen molar-refractivity contribution in [2.75, 3.05) is 33.3 Å². The van der Waals surface area contributed by atoms with E-state index in [0.29, 0.717) is 11.3 Å². The van der Waals surface area contributed by atoms with Crippen molar-refractivity contribution in [3.63, 3.8) is 0 Å². The average molecular weight is 256 g/mol. The Labute approximate surface area is 113 Å². The fourth-order valence-corrected chi connectivity index (χ4v) is 2.29. The van der Waals surface area contributed by atoms with Crippen molar-refractivity contribution < 1.29 is 4.74 Å². The topological polar surface area (TPSA) is 72.1 Å². The molecule has 5 heteroatoms. The van der Waals surface area contributed by atoms with Gasteiger partial charge in [0.1, 0.15) is 17.9 Å². The Hall–Kier alpha value is -2.08. The molecule has 1 unspecified atom stereocenters. The number of hydrogen-bond donors (Lipinski definition) is 1. The second kappa shape index (κ2) is 6.19. The first-order valence-corrected chi connectivity index (χ1v) is 6.22. The van der Waals surface area contributed by atoms with Crippen molar-refractivity contribution in [1.29, 1.82) is 10.5 Å². The van der Waals surface area contributed by atoms with E-state index in [0.717, 1.165) is 31.7 Å². The van der Waals surface area contributed by atoms with Crippen LogP contribution in [0.15, 0.2) is 18.2 Å². The van der Waals surface area contributed by atoms with Gasteiger partial charge in [-0.3, -0.25) is 4.90 Å². The van der Waals surface area contributed by atoms with Gasteiger partial charge in [0.15, 0.2) is 0 Å². The van der Waals surface area contributed by atoms with E-state index in [-0.39, 0.29) is 6.04 Å². The predicted molar refractivity (Wildman–Crippen MR) is 70.5 cm³/mol. The molecule has 0 bridgehead atoms. The number of piperazine rings is 1. The van der Waals surface area contributed by atoms with Gasteiger partial charge in [0, 0.05) is 26.2 Å². The molecule has 1 aliphatic heterocycles. The van der Waals surface area contributed by atoms with Gasteiger partial charge in [0.05, 0.1) is 18.7 Å². The number of methoxy groups -OCH3 is 1. The molecule has 0 aliphatic carbocycles. The van der Waals surface area contributed by atoms with E-state index in [2.05, 4.69) is 22.4 Å². The summed E-state index contributed by atoms with van der Waals surface area (Å²) in [6.45, 7) is 3.46. The van der Waals surface area contributed by atoms with Crippen LogP contribution in [0.1, 0.15) is 17.2 Å². The molecule has 1 aromatic carbocycles. The molecule has 1 aromatic rings. The van der Waals surface area contributed by atoms with E-state index in [4.69, 9.17) is 10.00 Å². The lowest BCUT2D eigenvalue weighted by atomic mass is 10.0. The summed E-state index contributed by atoms with van der Waals surface area (Å²) in [4.78, 5) is 2.12. The second-order valence-corrected chi connectivity index (χ2v) is 4.39. The summed E-state index contributed by atoms with van der Waals surface area (Å²) in [5, 5.41) is 21.8. The number of hydrogen-bond acceptors (Lipinski definition) is 5. The molecule has 5 nitrogen and oxygen atoms in total. The minimum Gasteiger partial charge on any atom is -0.495 e. The molecule has 0 radical (unpaired) electrons. The standard InChI is InChI=1S/C14H16N4O/c1-19-14-3-2-11(8-12(14)9-15)13(10-16)18-6-4-17-5-7-18/h2-3,8,13,17H,4-7H2,1H3. The van der Waals surface area contributed by atoms with Crippen LogP contribution in [0.4, 0.5) is 0 Å². The molecule has 0 spiro atoms. The van der Waals surface area contributed by atoms with Crippen molar-refractivity contribution >= 4 is 0 Å². The Balaban J connectivity index is 2.28. The van der Waals surface area contributed by atoms with Gasteiger partial charge in [-0.15, -0.1) is 0 Å². The summed E-state index contributed by atoms with van der Waals surface area (Å²) in [6.07, 6.45) is 0. The monoisotopic (exact) mass is 256 g/mol. The Morgan fingerprint density at radius 1 is 1.32 bits per heavy atom. The van der Waals surface area contributed by atoms with Crippen molar-refractivity contribution in [2.45, 2.75) is 6.04 Å². The van der Waals surface area contributed by atoms with E-state index in [1.807, 2.05) is 6.07 Å². The number of rotatable bonds is 3. The van der Waals surface area contributed by atoms with E-state index >= 15 is 0 Å². The van der Waals surface area contributed by atoms with Crippen molar-refractivity contribution in [3.8, 4) is 17.9 Å². The Bertz CT molecular complexity index is 523. The molecule has 1 saturated heterocycles. The van der Waals surface area contributed by atoms with Gasteiger partial charge in [-0.1, -0.05) is 6.07 Å². The molecule has 1 aliphatic rings. The van der Waals surface area contributed by atoms with E-state index in [1.165, 1.54) is 7.11 Å². The third-order valence-electron chi connectivity index (χ3n) is 3.30. The third kappa shape index (κ3) is 2.85. The van der Waals surface area contributed by atoms with Gasteiger partial charge >= 0.3 is 0 Å². The molecule has 1 N–H and O–H groups in total. The van der Waals surface area contributed by atoms with Crippen LogP contribution < -0.4 is 10.1 Å². The molecule has 0 amide bonds. The summed E-state index contributed by atoms with van der Waals surface area (Å²) in [7, 11) is 1.54. The number of nitrogens with one attached hydrogen (secondary N) is 1. The molecule has 0 saturated carbocycles. The summed E-state index contributed by atoms with van der Waals surface area (Å²) < 4.78 is 5.12. The largest absolute Gasteiger partial charge is 0.495 e. The van der Waals surface area contributed by atoms with Crippen molar-refractivity contribution in [2.24, 2.45) is 0 Å². The fraction of sp³-hybridized carbons (Fsp3) is 0.429. The fourth-order valence-electron chi connectivity index (χ4n) is 2.29. The lowest BCUT2D eigenvalue weighted by Crippen LogP contribution is -2.44. The maximum atomic E-state index is 9.40. The number of nitrogens with zero attached hydrogens (tertiary/aromatic N) is 3. The Morgan fingerprint density at radius 2 is 2.05 bits per heavy atom. The van der Waals surface area contributed by atoms with Gasteiger partial charge in [-0.2, -0.15) is 10.5 Å². The highest BCUT2D eigenvalue weighted by molar-refractivity contribution is 5.46. The summed E-state index contributed by atoms with van der Waals surface area (Å²) in [5.41, 5.74) is 1.32. The lowest BCUT2D eigenvalue weighted by molar-refractivity contribution is 0.207. The van der Waals surface area contributed by atoms with Crippen LogP contribution in [0.25, 0.3) is 0 Å². The van der Waals surface area contributed by atoms with Gasteiger partial charge in [0.2, 0.25) is 0 Å². The smallest absolute Gasteiger partial charge is 0.136 e. The normalized spacial score (nSPS) is 17.2. The SMILES string of the molecule is COc1ccc(C(C#N)N2CCNCC2)cc1C#N. The zero-order chi connectivity index (χ0) is 13.7. The first kappa shape index (κ1) is 13.4. The van der Waals surface area contributed by atoms with Crippen LogP contribution in [0.5, 0.6) is 5.75 Å². The number of nitriles is 2. The Morgan fingerprint density at radius 3 is 2.63 bits per heavy atom. The lowest BCUT2D eigenvalue weighted by Gasteiger charge is -2.31. The molecular weight excluding hydrogens is 240 g/mol. The highest BCUT2D eigenvalue weighted by Crippen LogP contribution is 2.26. The Kier molecular flexibility index (Phi) is 4.35.